The molecule has 3 rings (SSSR count). The number of urea groups is 1. The van der Waals surface area contributed by atoms with Crippen molar-refractivity contribution in [2.45, 2.75) is 12.2 Å². The van der Waals surface area contributed by atoms with Crippen LogP contribution in [0.4, 0.5) is 23.7 Å². The second kappa shape index (κ2) is 11.3. The van der Waals surface area contributed by atoms with E-state index in [9.17, 15) is 27.9 Å². The summed E-state index contributed by atoms with van der Waals surface area (Å²) in [6.45, 7) is 0. The first-order valence-corrected chi connectivity index (χ1v) is 9.24. The van der Waals surface area contributed by atoms with E-state index in [0.29, 0.717) is 11.3 Å². The largest absolute Gasteiger partial charge is 0.490 e. The van der Waals surface area contributed by atoms with Crippen molar-refractivity contribution in [1.29, 1.82) is 0 Å². The Morgan fingerprint density at radius 3 is 1.82 bits per heavy atom. The summed E-state index contributed by atoms with van der Waals surface area (Å²) >= 11 is 0. The third-order valence-electron chi connectivity index (χ3n) is 4.05. The van der Waals surface area contributed by atoms with E-state index in [1.165, 1.54) is 0 Å². The van der Waals surface area contributed by atoms with Crippen molar-refractivity contribution in [1.82, 2.24) is 10.3 Å². The fourth-order valence-corrected chi connectivity index (χ4v) is 2.52. The van der Waals surface area contributed by atoms with Crippen LogP contribution in [-0.4, -0.2) is 39.3 Å². The van der Waals surface area contributed by atoms with Gasteiger partial charge in [0.1, 0.15) is 0 Å². The molecule has 3 aromatic rings. The van der Waals surface area contributed by atoms with Crippen molar-refractivity contribution < 1.29 is 37.8 Å². The SMILES string of the molecule is O=C(Nc1ccc(-c2ccncc2)cc1)N[C@@H](C(=O)O)c1ccccc1.O=C(O)C(F)(F)F. The van der Waals surface area contributed by atoms with Crippen LogP contribution in [0.15, 0.2) is 79.1 Å². The molecular formula is C22H18F3N3O5. The van der Waals surface area contributed by atoms with Gasteiger partial charge < -0.3 is 20.8 Å². The first-order valence-electron chi connectivity index (χ1n) is 9.24. The van der Waals surface area contributed by atoms with Crippen LogP contribution in [0.5, 0.6) is 0 Å². The van der Waals surface area contributed by atoms with Gasteiger partial charge in [-0.3, -0.25) is 4.98 Å². The fourth-order valence-electron chi connectivity index (χ4n) is 2.52. The molecule has 0 aliphatic rings. The van der Waals surface area contributed by atoms with Crippen molar-refractivity contribution in [3.05, 3.63) is 84.7 Å². The second-order valence-corrected chi connectivity index (χ2v) is 6.40. The maximum atomic E-state index is 12.2. The van der Waals surface area contributed by atoms with Crippen LogP contribution in [0, 0.1) is 0 Å². The van der Waals surface area contributed by atoms with Gasteiger partial charge >= 0.3 is 24.1 Å². The number of nitrogens with zero attached hydrogens (tertiary/aromatic N) is 1. The van der Waals surface area contributed by atoms with E-state index in [-0.39, 0.29) is 0 Å². The first kappa shape index (κ1) is 24.9. The van der Waals surface area contributed by atoms with Gasteiger partial charge in [0.15, 0.2) is 6.04 Å². The monoisotopic (exact) mass is 461 g/mol. The first-order chi connectivity index (χ1) is 15.6. The van der Waals surface area contributed by atoms with Crippen molar-refractivity contribution >= 4 is 23.7 Å². The van der Waals surface area contributed by atoms with Crippen LogP contribution >= 0.6 is 0 Å². The van der Waals surface area contributed by atoms with Crippen LogP contribution in [0.1, 0.15) is 11.6 Å². The molecule has 0 fully saturated rings. The Bertz CT molecular complexity index is 1080. The minimum absolute atomic E-state index is 0.503. The maximum Gasteiger partial charge on any atom is 0.490 e. The van der Waals surface area contributed by atoms with E-state index in [4.69, 9.17) is 9.90 Å². The summed E-state index contributed by atoms with van der Waals surface area (Å²) in [6, 6.07) is 17.9. The zero-order chi connectivity index (χ0) is 24.4. The van der Waals surface area contributed by atoms with E-state index in [1.54, 1.807) is 54.9 Å². The van der Waals surface area contributed by atoms with Crippen LogP contribution in [-0.2, 0) is 9.59 Å². The zero-order valence-electron chi connectivity index (χ0n) is 16.8. The standard InChI is InChI=1S/C20H17N3O3.C2HF3O2/c24-19(25)18(16-4-2-1-3-5-16)23-20(26)22-17-8-6-14(7-9-17)15-10-12-21-13-11-15;3-2(4,5)1(6)7/h1-13,18H,(H,24,25)(H2,22,23,26);(H,6,7)/t18-;/m1./s1. The molecule has 4 N–H and O–H groups in total. The summed E-state index contributed by atoms with van der Waals surface area (Å²) in [4.78, 5) is 36.5. The van der Waals surface area contributed by atoms with Gasteiger partial charge in [-0.25, -0.2) is 14.4 Å². The van der Waals surface area contributed by atoms with Gasteiger partial charge in [-0.1, -0.05) is 42.5 Å². The van der Waals surface area contributed by atoms with Crippen molar-refractivity contribution in [3.63, 3.8) is 0 Å². The molecule has 1 heterocycles. The number of nitrogens with one attached hydrogen (secondary N) is 2. The minimum atomic E-state index is -5.08. The Hall–Kier alpha value is -4.41. The molecule has 0 spiro atoms. The number of alkyl halides is 3. The van der Waals surface area contributed by atoms with Gasteiger partial charge in [0, 0.05) is 18.1 Å². The highest BCUT2D eigenvalue weighted by molar-refractivity contribution is 5.92. The number of pyridine rings is 1. The molecule has 11 heteroatoms. The van der Waals surface area contributed by atoms with Gasteiger partial charge in [0.05, 0.1) is 0 Å². The van der Waals surface area contributed by atoms with E-state index in [0.717, 1.165) is 11.1 Å². The van der Waals surface area contributed by atoms with Crippen molar-refractivity contribution in [3.8, 4) is 11.1 Å². The average Bonchev–Trinajstić information content (AvgIpc) is 2.79. The molecule has 0 aliphatic carbocycles. The molecule has 0 aliphatic heterocycles. The van der Waals surface area contributed by atoms with Gasteiger partial charge in [0.2, 0.25) is 0 Å². The highest BCUT2D eigenvalue weighted by atomic mass is 19.4. The summed E-state index contributed by atoms with van der Waals surface area (Å²) in [5.74, 6) is -3.88. The summed E-state index contributed by atoms with van der Waals surface area (Å²) in [7, 11) is 0. The normalized spacial score (nSPS) is 11.4. The van der Waals surface area contributed by atoms with Crippen LogP contribution in [0.3, 0.4) is 0 Å². The number of halogens is 3. The lowest BCUT2D eigenvalue weighted by Gasteiger charge is -2.15. The number of anilines is 1. The Kier molecular flexibility index (Phi) is 8.49. The Labute approximate surface area is 185 Å². The number of hydrogen-bond donors (Lipinski definition) is 4. The third-order valence-corrected chi connectivity index (χ3v) is 4.05. The van der Waals surface area contributed by atoms with E-state index in [1.807, 2.05) is 24.3 Å². The number of amides is 2. The van der Waals surface area contributed by atoms with Crippen LogP contribution < -0.4 is 10.6 Å². The molecule has 1 aromatic heterocycles. The molecule has 0 unspecified atom stereocenters. The third kappa shape index (κ3) is 7.98. The molecular weight excluding hydrogens is 443 g/mol. The van der Waals surface area contributed by atoms with Crippen LogP contribution in [0.2, 0.25) is 0 Å². The highest BCUT2D eigenvalue weighted by Crippen LogP contribution is 2.21. The number of hydrogen-bond acceptors (Lipinski definition) is 4. The molecule has 0 saturated carbocycles. The maximum absolute atomic E-state index is 12.2. The minimum Gasteiger partial charge on any atom is -0.479 e. The predicted octanol–water partition coefficient (Wildman–Crippen LogP) is 4.33. The predicted molar refractivity (Wildman–Crippen MR) is 112 cm³/mol. The van der Waals surface area contributed by atoms with Gasteiger partial charge in [0.25, 0.3) is 0 Å². The topological polar surface area (TPSA) is 129 Å². The van der Waals surface area contributed by atoms with E-state index >= 15 is 0 Å². The van der Waals surface area contributed by atoms with E-state index in [2.05, 4.69) is 15.6 Å². The molecule has 0 saturated heterocycles. The number of carbonyl (C=O) groups is 3. The molecule has 172 valence electrons. The smallest absolute Gasteiger partial charge is 0.479 e. The molecule has 2 amide bonds. The molecule has 33 heavy (non-hydrogen) atoms. The molecule has 0 bridgehead atoms. The molecule has 1 atom stereocenters. The number of carboxylic acid groups (broad SMARTS) is 2. The van der Waals surface area contributed by atoms with Gasteiger partial charge in [-0.2, -0.15) is 13.2 Å². The lowest BCUT2D eigenvalue weighted by molar-refractivity contribution is -0.192. The second-order valence-electron chi connectivity index (χ2n) is 6.40. The molecule has 2 aromatic carbocycles. The summed E-state index contributed by atoms with van der Waals surface area (Å²) in [5, 5.41) is 21.6. The van der Waals surface area contributed by atoms with E-state index < -0.39 is 30.2 Å². The lowest BCUT2D eigenvalue weighted by Crippen LogP contribution is -2.36. The number of benzene rings is 2. The van der Waals surface area contributed by atoms with Gasteiger partial charge in [-0.15, -0.1) is 0 Å². The van der Waals surface area contributed by atoms with Crippen LogP contribution in [0.25, 0.3) is 11.1 Å². The fraction of sp³-hybridized carbons (Fsp3) is 0.0909. The van der Waals surface area contributed by atoms with Crippen molar-refractivity contribution in [2.24, 2.45) is 0 Å². The molecule has 0 radical (unpaired) electrons. The molecule has 8 nitrogen and oxygen atoms in total. The average molecular weight is 461 g/mol. The Morgan fingerprint density at radius 1 is 0.818 bits per heavy atom. The van der Waals surface area contributed by atoms with Crippen molar-refractivity contribution in [2.75, 3.05) is 5.32 Å². The summed E-state index contributed by atoms with van der Waals surface area (Å²) in [6.07, 6.45) is -1.66. The number of carbonyl (C=O) groups excluding carboxylic acids is 1. The van der Waals surface area contributed by atoms with Gasteiger partial charge in [-0.05, 0) is 41.0 Å². The Morgan fingerprint density at radius 2 is 1.33 bits per heavy atom. The Balaban J connectivity index is 0.000000479. The summed E-state index contributed by atoms with van der Waals surface area (Å²) < 4.78 is 31.7. The summed E-state index contributed by atoms with van der Waals surface area (Å²) in [5.41, 5.74) is 3.08. The highest BCUT2D eigenvalue weighted by Gasteiger charge is 2.38. The lowest BCUT2D eigenvalue weighted by atomic mass is 10.1. The number of aliphatic carboxylic acids is 2. The number of aromatic nitrogens is 1. The number of rotatable bonds is 5. The number of carboxylic acids is 2. The zero-order valence-corrected chi connectivity index (χ0v) is 16.8. The quantitative estimate of drug-likeness (QED) is 0.448.